The molecule has 0 unspecified atom stereocenters. The number of carbonyl (C=O) groups is 1. The van der Waals surface area contributed by atoms with Gasteiger partial charge in [-0.1, -0.05) is 17.7 Å². The number of halogens is 2. The SMILES string of the molecule is O=C(Cl)c1cccc2ncc(Cl)nc12. The molecule has 0 spiro atoms. The first-order valence-electron chi connectivity index (χ1n) is 3.79. The van der Waals surface area contributed by atoms with Crippen molar-refractivity contribution in [3.05, 3.63) is 35.1 Å². The Bertz CT molecular complexity index is 513. The van der Waals surface area contributed by atoms with E-state index in [0.717, 1.165) is 0 Å². The summed E-state index contributed by atoms with van der Waals surface area (Å²) in [5.74, 6) is 0. The van der Waals surface area contributed by atoms with Gasteiger partial charge in [-0.15, -0.1) is 0 Å². The van der Waals surface area contributed by atoms with Crippen LogP contribution in [0.1, 0.15) is 10.4 Å². The minimum atomic E-state index is -0.563. The molecular weight excluding hydrogens is 223 g/mol. The van der Waals surface area contributed by atoms with Gasteiger partial charge in [0, 0.05) is 0 Å². The minimum absolute atomic E-state index is 0.239. The van der Waals surface area contributed by atoms with E-state index in [2.05, 4.69) is 9.97 Å². The van der Waals surface area contributed by atoms with Gasteiger partial charge in [-0.3, -0.25) is 9.78 Å². The zero-order valence-corrected chi connectivity index (χ0v) is 8.38. The van der Waals surface area contributed by atoms with E-state index in [-0.39, 0.29) is 5.15 Å². The van der Waals surface area contributed by atoms with E-state index in [1.54, 1.807) is 18.2 Å². The number of benzene rings is 1. The lowest BCUT2D eigenvalue weighted by Crippen LogP contribution is -1.94. The van der Waals surface area contributed by atoms with Crippen molar-refractivity contribution in [2.24, 2.45) is 0 Å². The number of para-hydroxylation sites is 1. The summed E-state index contributed by atoms with van der Waals surface area (Å²) in [5, 5.41) is -0.324. The van der Waals surface area contributed by atoms with Crippen LogP contribution in [0.15, 0.2) is 24.4 Å². The quantitative estimate of drug-likeness (QED) is 0.703. The largest absolute Gasteiger partial charge is 0.276 e. The van der Waals surface area contributed by atoms with Crippen LogP contribution in [0.3, 0.4) is 0 Å². The number of fused-ring (bicyclic) bond motifs is 1. The molecule has 0 aliphatic heterocycles. The predicted molar refractivity (Wildman–Crippen MR) is 54.7 cm³/mol. The van der Waals surface area contributed by atoms with Gasteiger partial charge in [0.15, 0.2) is 0 Å². The maximum absolute atomic E-state index is 11.0. The highest BCUT2D eigenvalue weighted by molar-refractivity contribution is 6.68. The van der Waals surface area contributed by atoms with Crippen LogP contribution in [-0.4, -0.2) is 15.2 Å². The molecule has 0 amide bonds. The lowest BCUT2D eigenvalue weighted by molar-refractivity contribution is 0.108. The van der Waals surface area contributed by atoms with Crippen molar-refractivity contribution >= 4 is 39.5 Å². The molecule has 0 aliphatic carbocycles. The molecule has 0 saturated heterocycles. The van der Waals surface area contributed by atoms with E-state index in [4.69, 9.17) is 23.2 Å². The molecule has 1 aromatic carbocycles. The molecule has 0 aliphatic rings. The predicted octanol–water partition coefficient (Wildman–Crippen LogP) is 2.66. The van der Waals surface area contributed by atoms with Gasteiger partial charge in [-0.25, -0.2) is 4.98 Å². The van der Waals surface area contributed by atoms with Crippen LogP contribution < -0.4 is 0 Å². The highest BCUT2D eigenvalue weighted by Gasteiger charge is 2.09. The van der Waals surface area contributed by atoms with E-state index in [1.807, 2.05) is 0 Å². The molecule has 0 saturated carbocycles. The zero-order chi connectivity index (χ0) is 10.1. The first-order chi connectivity index (χ1) is 6.68. The van der Waals surface area contributed by atoms with Gasteiger partial charge in [0.1, 0.15) is 10.7 Å². The summed E-state index contributed by atoms with van der Waals surface area (Å²) in [7, 11) is 0. The molecule has 0 bridgehead atoms. The van der Waals surface area contributed by atoms with Crippen molar-refractivity contribution in [2.45, 2.75) is 0 Å². The number of hydrogen-bond donors (Lipinski definition) is 0. The second kappa shape index (κ2) is 3.52. The van der Waals surface area contributed by atoms with E-state index >= 15 is 0 Å². The average Bonchev–Trinajstić information content (AvgIpc) is 2.16. The van der Waals surface area contributed by atoms with Gasteiger partial charge in [0.05, 0.1) is 17.3 Å². The van der Waals surface area contributed by atoms with Gasteiger partial charge in [-0.05, 0) is 23.7 Å². The second-order valence-electron chi connectivity index (χ2n) is 2.64. The van der Waals surface area contributed by atoms with Crippen LogP contribution in [0.4, 0.5) is 0 Å². The summed E-state index contributed by atoms with van der Waals surface area (Å²) >= 11 is 11.1. The summed E-state index contributed by atoms with van der Waals surface area (Å²) in [6.45, 7) is 0. The van der Waals surface area contributed by atoms with Crippen molar-refractivity contribution in [3.63, 3.8) is 0 Å². The summed E-state index contributed by atoms with van der Waals surface area (Å²) in [4.78, 5) is 19.0. The third-order valence-corrected chi connectivity index (χ3v) is 2.14. The second-order valence-corrected chi connectivity index (χ2v) is 3.37. The summed E-state index contributed by atoms with van der Waals surface area (Å²) in [5.41, 5.74) is 1.35. The summed E-state index contributed by atoms with van der Waals surface area (Å²) < 4.78 is 0. The van der Waals surface area contributed by atoms with Gasteiger partial charge < -0.3 is 0 Å². The van der Waals surface area contributed by atoms with E-state index in [9.17, 15) is 4.79 Å². The highest BCUT2D eigenvalue weighted by Crippen LogP contribution is 2.18. The van der Waals surface area contributed by atoms with Crippen LogP contribution in [0.2, 0.25) is 5.15 Å². The fourth-order valence-electron chi connectivity index (χ4n) is 1.17. The Balaban J connectivity index is 2.84. The Morgan fingerprint density at radius 1 is 1.36 bits per heavy atom. The van der Waals surface area contributed by atoms with Gasteiger partial charge >= 0.3 is 0 Å². The zero-order valence-electron chi connectivity index (χ0n) is 6.87. The Labute approximate surface area is 89.7 Å². The van der Waals surface area contributed by atoms with Crippen LogP contribution in [0, 0.1) is 0 Å². The van der Waals surface area contributed by atoms with Gasteiger partial charge in [-0.2, -0.15) is 0 Å². The van der Waals surface area contributed by atoms with Crippen LogP contribution >= 0.6 is 23.2 Å². The Hall–Kier alpha value is -1.19. The first kappa shape index (κ1) is 9.37. The fourth-order valence-corrected chi connectivity index (χ4v) is 1.46. The molecule has 2 rings (SSSR count). The number of carbonyl (C=O) groups excluding carboxylic acids is 1. The smallest absolute Gasteiger partial charge is 0.254 e. The van der Waals surface area contributed by atoms with Crippen LogP contribution in [-0.2, 0) is 0 Å². The number of rotatable bonds is 1. The Morgan fingerprint density at radius 3 is 2.86 bits per heavy atom. The lowest BCUT2D eigenvalue weighted by atomic mass is 10.2. The lowest BCUT2D eigenvalue weighted by Gasteiger charge is -2.00. The molecule has 14 heavy (non-hydrogen) atoms. The monoisotopic (exact) mass is 226 g/mol. The molecule has 0 radical (unpaired) electrons. The maximum Gasteiger partial charge on any atom is 0.254 e. The minimum Gasteiger partial charge on any atom is -0.276 e. The van der Waals surface area contributed by atoms with Gasteiger partial charge in [0.2, 0.25) is 0 Å². The highest BCUT2D eigenvalue weighted by atomic mass is 35.5. The molecule has 3 nitrogen and oxygen atoms in total. The third kappa shape index (κ3) is 1.56. The molecule has 0 fully saturated rings. The Kier molecular flexibility index (Phi) is 2.35. The van der Waals surface area contributed by atoms with Gasteiger partial charge in [0.25, 0.3) is 5.24 Å². The van der Waals surface area contributed by atoms with E-state index in [1.165, 1.54) is 6.20 Å². The van der Waals surface area contributed by atoms with Crippen molar-refractivity contribution in [1.29, 1.82) is 0 Å². The van der Waals surface area contributed by atoms with Crippen molar-refractivity contribution < 1.29 is 4.79 Å². The third-order valence-electron chi connectivity index (χ3n) is 1.76. The van der Waals surface area contributed by atoms with Crippen molar-refractivity contribution in [2.75, 3.05) is 0 Å². The van der Waals surface area contributed by atoms with Crippen molar-refractivity contribution in [1.82, 2.24) is 9.97 Å². The summed E-state index contributed by atoms with van der Waals surface area (Å²) in [6.07, 6.45) is 1.42. The number of nitrogens with zero attached hydrogens (tertiary/aromatic N) is 2. The molecule has 70 valence electrons. The fraction of sp³-hybridized carbons (Fsp3) is 0. The van der Waals surface area contributed by atoms with Crippen molar-refractivity contribution in [3.8, 4) is 0 Å². The number of aromatic nitrogens is 2. The topological polar surface area (TPSA) is 42.9 Å². The standard InChI is InChI=1S/C9H4Cl2N2O/c10-7-4-12-6-3-1-2-5(9(11)14)8(6)13-7/h1-4H. The van der Waals surface area contributed by atoms with E-state index in [0.29, 0.717) is 16.6 Å². The molecular formula is C9H4Cl2N2O. The molecule has 5 heteroatoms. The molecule has 0 atom stereocenters. The summed E-state index contributed by atoms with van der Waals surface area (Å²) in [6, 6.07) is 5.02. The van der Waals surface area contributed by atoms with Crippen LogP contribution in [0.5, 0.6) is 0 Å². The molecule has 1 aromatic heterocycles. The van der Waals surface area contributed by atoms with Crippen LogP contribution in [0.25, 0.3) is 11.0 Å². The first-order valence-corrected chi connectivity index (χ1v) is 4.55. The molecule has 0 N–H and O–H groups in total. The average molecular weight is 227 g/mol. The molecule has 2 aromatic rings. The van der Waals surface area contributed by atoms with E-state index < -0.39 is 5.24 Å². The maximum atomic E-state index is 11.0. The Morgan fingerprint density at radius 2 is 2.14 bits per heavy atom. The molecule has 1 heterocycles. The normalized spacial score (nSPS) is 10.4. The number of hydrogen-bond acceptors (Lipinski definition) is 3.